The molecule has 0 spiro atoms. The number of carbonyl (C=O) groups is 2. The van der Waals surface area contributed by atoms with Crippen molar-refractivity contribution in [3.8, 4) is 11.4 Å². The van der Waals surface area contributed by atoms with E-state index in [0.29, 0.717) is 10.7 Å². The molecule has 26 heavy (non-hydrogen) atoms. The molecule has 0 saturated carbocycles. The zero-order chi connectivity index (χ0) is 18.7. The Morgan fingerprint density at radius 3 is 2.54 bits per heavy atom. The first-order valence-corrected chi connectivity index (χ1v) is 7.98. The first kappa shape index (κ1) is 17.7. The lowest BCUT2D eigenvalue weighted by molar-refractivity contribution is 0.0842. The Morgan fingerprint density at radius 1 is 1.04 bits per heavy atom. The molecule has 0 unspecified atom stereocenters. The fraction of sp³-hybridized carbons (Fsp3) is 0. The number of benzene rings is 2. The second-order valence-corrected chi connectivity index (χ2v) is 5.91. The minimum absolute atomic E-state index is 0.0412. The van der Waals surface area contributed by atoms with Gasteiger partial charge in [-0.1, -0.05) is 40.5 Å². The van der Waals surface area contributed by atoms with E-state index in [1.807, 2.05) is 0 Å². The van der Waals surface area contributed by atoms with E-state index in [-0.39, 0.29) is 22.0 Å². The number of rotatable bonds is 3. The minimum Gasteiger partial charge on any atom is -0.507 e. The van der Waals surface area contributed by atoms with Crippen LogP contribution in [0, 0.1) is 0 Å². The van der Waals surface area contributed by atoms with Crippen LogP contribution in [0.5, 0.6) is 5.75 Å². The van der Waals surface area contributed by atoms with Crippen LogP contribution in [0.25, 0.3) is 5.69 Å². The molecule has 132 valence electrons. The number of hydrogen-bond acceptors (Lipinski definition) is 5. The summed E-state index contributed by atoms with van der Waals surface area (Å²) in [6.45, 7) is 0. The summed E-state index contributed by atoms with van der Waals surface area (Å²) in [5.41, 5.74) is 4.77. The maximum absolute atomic E-state index is 12.1. The van der Waals surface area contributed by atoms with Gasteiger partial charge in [0.2, 0.25) is 0 Å². The second kappa shape index (κ2) is 7.42. The second-order valence-electron chi connectivity index (χ2n) is 5.07. The van der Waals surface area contributed by atoms with Gasteiger partial charge in [0.25, 0.3) is 11.8 Å². The van der Waals surface area contributed by atoms with Crippen molar-refractivity contribution in [1.29, 1.82) is 0 Å². The molecule has 10 heteroatoms. The van der Waals surface area contributed by atoms with Gasteiger partial charge < -0.3 is 5.11 Å². The smallest absolute Gasteiger partial charge is 0.291 e. The Labute approximate surface area is 157 Å². The molecule has 3 rings (SSSR count). The molecule has 0 saturated heterocycles. The molecule has 0 radical (unpaired) electrons. The van der Waals surface area contributed by atoms with E-state index >= 15 is 0 Å². The molecule has 1 heterocycles. The monoisotopic (exact) mass is 391 g/mol. The highest BCUT2D eigenvalue weighted by atomic mass is 35.5. The Kier molecular flexibility index (Phi) is 5.06. The van der Waals surface area contributed by atoms with Crippen molar-refractivity contribution in [2.24, 2.45) is 0 Å². The Hall–Kier alpha value is -3.10. The predicted octanol–water partition coefficient (Wildman–Crippen LogP) is 2.35. The number of para-hydroxylation sites is 1. The van der Waals surface area contributed by atoms with Crippen LogP contribution in [0.3, 0.4) is 0 Å². The highest BCUT2D eigenvalue weighted by Gasteiger charge is 2.16. The highest BCUT2D eigenvalue weighted by molar-refractivity contribution is 6.32. The van der Waals surface area contributed by atoms with Gasteiger partial charge in [0.15, 0.2) is 5.69 Å². The predicted molar refractivity (Wildman–Crippen MR) is 94.4 cm³/mol. The molecule has 0 aliphatic rings. The Balaban J connectivity index is 1.68. The van der Waals surface area contributed by atoms with Gasteiger partial charge in [-0.25, -0.2) is 4.68 Å². The van der Waals surface area contributed by atoms with Gasteiger partial charge in [-0.05, 0) is 30.3 Å². The lowest BCUT2D eigenvalue weighted by Crippen LogP contribution is -2.41. The summed E-state index contributed by atoms with van der Waals surface area (Å²) in [7, 11) is 0. The maximum Gasteiger partial charge on any atom is 0.291 e. The van der Waals surface area contributed by atoms with Crippen LogP contribution >= 0.6 is 23.2 Å². The first-order chi connectivity index (χ1) is 12.5. The molecule has 0 atom stereocenters. The molecule has 3 aromatic rings. The summed E-state index contributed by atoms with van der Waals surface area (Å²) < 4.78 is 1.34. The van der Waals surface area contributed by atoms with Gasteiger partial charge in [-0.3, -0.25) is 20.4 Å². The topological polar surface area (TPSA) is 109 Å². The number of aromatic hydroxyl groups is 1. The molecule has 0 aliphatic carbocycles. The molecule has 0 aliphatic heterocycles. The zero-order valence-electron chi connectivity index (χ0n) is 13.0. The lowest BCUT2D eigenvalue weighted by Gasteiger charge is -2.07. The van der Waals surface area contributed by atoms with Crippen molar-refractivity contribution in [1.82, 2.24) is 25.8 Å². The lowest BCUT2D eigenvalue weighted by atomic mass is 10.2. The average Bonchev–Trinajstić information content (AvgIpc) is 3.11. The summed E-state index contributed by atoms with van der Waals surface area (Å²) in [6.07, 6.45) is 1.36. The molecule has 2 amide bonds. The van der Waals surface area contributed by atoms with Crippen LogP contribution in [-0.4, -0.2) is 31.9 Å². The number of phenolic OH excluding ortho intramolecular Hbond substituents is 1. The summed E-state index contributed by atoms with van der Waals surface area (Å²) >= 11 is 11.8. The zero-order valence-corrected chi connectivity index (χ0v) is 14.5. The van der Waals surface area contributed by atoms with Gasteiger partial charge in [0.1, 0.15) is 5.75 Å². The molecule has 3 N–H and O–H groups in total. The summed E-state index contributed by atoms with van der Waals surface area (Å²) in [6, 6.07) is 10.9. The fourth-order valence-electron chi connectivity index (χ4n) is 2.06. The van der Waals surface area contributed by atoms with Crippen LogP contribution < -0.4 is 10.9 Å². The van der Waals surface area contributed by atoms with Crippen molar-refractivity contribution >= 4 is 35.0 Å². The summed E-state index contributed by atoms with van der Waals surface area (Å²) in [4.78, 5) is 24.1. The number of halogens is 2. The van der Waals surface area contributed by atoms with E-state index in [2.05, 4.69) is 21.2 Å². The molecular weight excluding hydrogens is 381 g/mol. The van der Waals surface area contributed by atoms with Crippen molar-refractivity contribution < 1.29 is 14.7 Å². The Morgan fingerprint density at radius 2 is 1.77 bits per heavy atom. The molecule has 2 aromatic carbocycles. The summed E-state index contributed by atoms with van der Waals surface area (Å²) in [5, 5.41) is 17.9. The van der Waals surface area contributed by atoms with E-state index in [1.165, 1.54) is 29.1 Å². The van der Waals surface area contributed by atoms with Crippen molar-refractivity contribution in [2.45, 2.75) is 0 Å². The number of amides is 2. The molecule has 0 fully saturated rings. The number of aromatic nitrogens is 3. The maximum atomic E-state index is 12.1. The molecule has 8 nitrogen and oxygen atoms in total. The van der Waals surface area contributed by atoms with Gasteiger partial charge >= 0.3 is 0 Å². The van der Waals surface area contributed by atoms with E-state index in [0.717, 1.165) is 0 Å². The van der Waals surface area contributed by atoms with Crippen molar-refractivity contribution in [3.63, 3.8) is 0 Å². The standard InChI is InChI=1S/C16H11Cl2N5O3/c17-9-5-6-14(24)10(7-9)15(25)20-21-16(26)12-8-23(22-19-12)13-4-2-1-3-11(13)18/h1-8,24H,(H,20,25)(H,21,26). The number of hydrazine groups is 1. The first-order valence-electron chi connectivity index (χ1n) is 7.22. The van der Waals surface area contributed by atoms with Crippen molar-refractivity contribution in [3.05, 3.63) is 70.0 Å². The van der Waals surface area contributed by atoms with Crippen LogP contribution in [0.2, 0.25) is 10.0 Å². The number of phenols is 1. The number of nitrogens with one attached hydrogen (secondary N) is 2. The highest BCUT2D eigenvalue weighted by Crippen LogP contribution is 2.21. The fourth-order valence-corrected chi connectivity index (χ4v) is 2.45. The average molecular weight is 392 g/mol. The normalized spacial score (nSPS) is 10.4. The largest absolute Gasteiger partial charge is 0.507 e. The van der Waals surface area contributed by atoms with E-state index in [9.17, 15) is 14.7 Å². The molecular formula is C16H11Cl2N5O3. The van der Waals surface area contributed by atoms with Crippen LogP contribution in [0.15, 0.2) is 48.7 Å². The van der Waals surface area contributed by atoms with E-state index in [1.54, 1.807) is 24.3 Å². The number of nitrogens with zero attached hydrogens (tertiary/aromatic N) is 3. The van der Waals surface area contributed by atoms with Crippen LogP contribution in [0.1, 0.15) is 20.8 Å². The van der Waals surface area contributed by atoms with E-state index < -0.39 is 11.8 Å². The van der Waals surface area contributed by atoms with Crippen molar-refractivity contribution in [2.75, 3.05) is 0 Å². The third kappa shape index (κ3) is 3.76. The van der Waals surface area contributed by atoms with Gasteiger partial charge in [0, 0.05) is 5.02 Å². The third-order valence-corrected chi connectivity index (χ3v) is 3.87. The van der Waals surface area contributed by atoms with E-state index in [4.69, 9.17) is 23.2 Å². The quantitative estimate of drug-likeness (QED) is 0.593. The van der Waals surface area contributed by atoms with Gasteiger partial charge in [-0.2, -0.15) is 0 Å². The van der Waals surface area contributed by atoms with Crippen LogP contribution in [0.4, 0.5) is 0 Å². The van der Waals surface area contributed by atoms with Crippen LogP contribution in [-0.2, 0) is 0 Å². The molecule has 0 bridgehead atoms. The summed E-state index contributed by atoms with van der Waals surface area (Å²) in [5.74, 6) is -1.71. The SMILES string of the molecule is O=C(NNC(=O)c1cc(Cl)ccc1O)c1cn(-c2ccccc2Cl)nn1. The van der Waals surface area contributed by atoms with Gasteiger partial charge in [0.05, 0.1) is 22.5 Å². The van der Waals surface area contributed by atoms with Gasteiger partial charge in [-0.15, -0.1) is 5.10 Å². The minimum atomic E-state index is -0.739. The molecule has 1 aromatic heterocycles. The Bertz CT molecular complexity index is 990. The number of hydrogen-bond donors (Lipinski definition) is 3. The number of carbonyl (C=O) groups excluding carboxylic acids is 2. The third-order valence-electron chi connectivity index (χ3n) is 3.32.